The number of fused-ring (bicyclic) bond motifs is 4. The summed E-state index contributed by atoms with van der Waals surface area (Å²) in [6, 6.07) is 26.3. The van der Waals surface area contributed by atoms with Gasteiger partial charge in [0.1, 0.15) is 18.4 Å². The van der Waals surface area contributed by atoms with Gasteiger partial charge in [0.25, 0.3) is 0 Å². The molecule has 176 valence electrons. The van der Waals surface area contributed by atoms with Gasteiger partial charge in [-0.1, -0.05) is 78.9 Å². The maximum absolute atomic E-state index is 12.7. The Bertz CT molecular complexity index is 1370. The zero-order valence-corrected chi connectivity index (χ0v) is 19.2. The minimum Gasteiger partial charge on any atom is -0.496 e. The van der Waals surface area contributed by atoms with E-state index in [0.717, 1.165) is 38.6 Å². The lowest BCUT2D eigenvalue weighted by molar-refractivity contribution is -0.139. The Morgan fingerprint density at radius 2 is 1.46 bits per heavy atom. The van der Waals surface area contributed by atoms with Crippen molar-refractivity contribution < 1.29 is 24.2 Å². The van der Waals surface area contributed by atoms with E-state index in [2.05, 4.69) is 17.4 Å². The van der Waals surface area contributed by atoms with E-state index < -0.39 is 18.1 Å². The van der Waals surface area contributed by atoms with Gasteiger partial charge in [0.2, 0.25) is 0 Å². The molecule has 35 heavy (non-hydrogen) atoms. The van der Waals surface area contributed by atoms with Crippen molar-refractivity contribution in [2.75, 3.05) is 13.7 Å². The highest BCUT2D eigenvalue weighted by Crippen LogP contribution is 2.44. The number of carboxylic acids is 1. The van der Waals surface area contributed by atoms with E-state index in [4.69, 9.17) is 9.47 Å². The normalized spacial score (nSPS) is 13.1. The summed E-state index contributed by atoms with van der Waals surface area (Å²) in [7, 11) is 1.60. The molecular weight excluding hydrogens is 442 g/mol. The van der Waals surface area contributed by atoms with Crippen molar-refractivity contribution >= 4 is 22.8 Å². The summed E-state index contributed by atoms with van der Waals surface area (Å²) >= 11 is 0. The molecule has 0 saturated carbocycles. The molecule has 5 rings (SSSR count). The van der Waals surface area contributed by atoms with Gasteiger partial charge in [-0.05, 0) is 39.3 Å². The summed E-state index contributed by atoms with van der Waals surface area (Å²) in [6.45, 7) is 0.123. The topological polar surface area (TPSA) is 84.9 Å². The number of carbonyl (C=O) groups excluding carboxylic acids is 1. The van der Waals surface area contributed by atoms with E-state index in [9.17, 15) is 14.7 Å². The molecule has 0 spiro atoms. The summed E-state index contributed by atoms with van der Waals surface area (Å²) in [5.74, 6) is -0.513. The predicted octanol–water partition coefficient (Wildman–Crippen LogP) is 5.38. The van der Waals surface area contributed by atoms with Gasteiger partial charge in [0.05, 0.1) is 7.11 Å². The van der Waals surface area contributed by atoms with Crippen LogP contribution in [0, 0.1) is 0 Å². The minimum absolute atomic E-state index is 0.0954. The van der Waals surface area contributed by atoms with Gasteiger partial charge in [-0.15, -0.1) is 0 Å². The number of methoxy groups -OCH3 is 1. The van der Waals surface area contributed by atoms with E-state index in [0.29, 0.717) is 5.75 Å². The number of hydrogen-bond donors (Lipinski definition) is 2. The van der Waals surface area contributed by atoms with Crippen molar-refractivity contribution in [3.63, 3.8) is 0 Å². The molecule has 1 amide bonds. The number of benzene rings is 4. The van der Waals surface area contributed by atoms with Gasteiger partial charge >= 0.3 is 12.1 Å². The quantitative estimate of drug-likeness (QED) is 0.381. The number of hydrogen-bond acceptors (Lipinski definition) is 4. The number of carboxylic acid groups (broad SMARTS) is 1. The van der Waals surface area contributed by atoms with Gasteiger partial charge in [0, 0.05) is 17.7 Å². The van der Waals surface area contributed by atoms with Crippen LogP contribution in [0.4, 0.5) is 4.79 Å². The molecule has 0 radical (unpaired) electrons. The largest absolute Gasteiger partial charge is 0.496 e. The molecular formula is C29H25NO5. The van der Waals surface area contributed by atoms with Crippen molar-refractivity contribution in [3.05, 3.63) is 102 Å². The molecule has 1 aliphatic carbocycles. The number of alkyl carbamates (subject to hydrolysis) is 1. The fourth-order valence-electron chi connectivity index (χ4n) is 4.89. The first-order valence-corrected chi connectivity index (χ1v) is 11.5. The van der Waals surface area contributed by atoms with Crippen LogP contribution in [0.3, 0.4) is 0 Å². The Morgan fingerprint density at radius 3 is 2.09 bits per heavy atom. The van der Waals surface area contributed by atoms with Crippen LogP contribution in [0.5, 0.6) is 5.75 Å². The zero-order chi connectivity index (χ0) is 24.4. The highest BCUT2D eigenvalue weighted by atomic mass is 16.5. The highest BCUT2D eigenvalue weighted by molar-refractivity contribution is 5.92. The summed E-state index contributed by atoms with van der Waals surface area (Å²) in [4.78, 5) is 24.7. The molecule has 0 aliphatic heterocycles. The Hall–Kier alpha value is -4.32. The lowest BCUT2D eigenvalue weighted by Gasteiger charge is -2.18. The van der Waals surface area contributed by atoms with Crippen molar-refractivity contribution in [2.45, 2.75) is 18.4 Å². The van der Waals surface area contributed by atoms with Crippen LogP contribution in [-0.2, 0) is 16.0 Å². The maximum atomic E-state index is 12.7. The van der Waals surface area contributed by atoms with Gasteiger partial charge in [0.15, 0.2) is 0 Å². The van der Waals surface area contributed by atoms with Crippen LogP contribution in [0.25, 0.3) is 21.9 Å². The van der Waals surface area contributed by atoms with Gasteiger partial charge < -0.3 is 19.9 Å². The highest BCUT2D eigenvalue weighted by Gasteiger charge is 2.30. The summed E-state index contributed by atoms with van der Waals surface area (Å²) in [6.07, 6.45) is -0.638. The van der Waals surface area contributed by atoms with Crippen molar-refractivity contribution in [1.29, 1.82) is 0 Å². The molecule has 4 aromatic carbocycles. The molecule has 1 atom stereocenters. The van der Waals surface area contributed by atoms with Crippen LogP contribution >= 0.6 is 0 Å². The number of aliphatic carboxylic acids is 1. The molecule has 0 unspecified atom stereocenters. The third-order valence-electron chi connectivity index (χ3n) is 6.55. The van der Waals surface area contributed by atoms with E-state index in [1.165, 1.54) is 0 Å². The molecule has 0 heterocycles. The Kier molecular flexibility index (Phi) is 6.10. The first kappa shape index (κ1) is 22.5. The SMILES string of the molecule is COc1ccc(C[C@H](NC(=O)OCC2c3ccccc3-c3ccccc32)C(=O)O)c2ccccc12. The van der Waals surface area contributed by atoms with Gasteiger partial charge in [-0.2, -0.15) is 0 Å². The van der Waals surface area contributed by atoms with E-state index >= 15 is 0 Å². The Labute approximate surface area is 203 Å². The molecule has 6 nitrogen and oxygen atoms in total. The van der Waals surface area contributed by atoms with Crippen LogP contribution in [0.15, 0.2) is 84.9 Å². The number of amides is 1. The monoisotopic (exact) mass is 467 g/mol. The lowest BCUT2D eigenvalue weighted by Crippen LogP contribution is -2.43. The molecule has 4 aromatic rings. The predicted molar refractivity (Wildman–Crippen MR) is 134 cm³/mol. The Morgan fingerprint density at radius 1 is 0.857 bits per heavy atom. The van der Waals surface area contributed by atoms with Crippen molar-refractivity contribution in [2.24, 2.45) is 0 Å². The smallest absolute Gasteiger partial charge is 0.407 e. The molecule has 0 bridgehead atoms. The summed E-state index contributed by atoms with van der Waals surface area (Å²) in [5, 5.41) is 14.1. The number of rotatable bonds is 7. The van der Waals surface area contributed by atoms with E-state index in [1.807, 2.05) is 72.8 Å². The standard InChI is InChI=1S/C29H25NO5/c1-34-27-15-14-18(19-8-2-7-13-24(19)27)16-26(28(31)32)30-29(33)35-17-25-22-11-5-3-9-20(22)21-10-4-6-12-23(21)25/h2-15,25-26H,16-17H2,1H3,(H,30,33)(H,31,32)/t26-/m0/s1. The zero-order valence-electron chi connectivity index (χ0n) is 19.2. The molecule has 1 aliphatic rings. The fraction of sp³-hybridized carbons (Fsp3) is 0.172. The van der Waals surface area contributed by atoms with Crippen LogP contribution < -0.4 is 10.1 Å². The average Bonchev–Trinajstić information content (AvgIpc) is 3.21. The molecule has 0 fully saturated rings. The minimum atomic E-state index is -1.14. The first-order chi connectivity index (χ1) is 17.1. The average molecular weight is 468 g/mol. The van der Waals surface area contributed by atoms with Gasteiger partial charge in [-0.25, -0.2) is 9.59 Å². The van der Waals surface area contributed by atoms with Crippen molar-refractivity contribution in [1.82, 2.24) is 5.32 Å². The van der Waals surface area contributed by atoms with Gasteiger partial charge in [-0.3, -0.25) is 0 Å². The molecule has 0 aromatic heterocycles. The second-order valence-corrected chi connectivity index (χ2v) is 8.54. The third kappa shape index (κ3) is 4.30. The third-order valence-corrected chi connectivity index (χ3v) is 6.55. The maximum Gasteiger partial charge on any atom is 0.407 e. The van der Waals surface area contributed by atoms with E-state index in [-0.39, 0.29) is 18.9 Å². The lowest BCUT2D eigenvalue weighted by atomic mass is 9.98. The second kappa shape index (κ2) is 9.50. The van der Waals surface area contributed by atoms with Crippen LogP contribution in [0.1, 0.15) is 22.6 Å². The second-order valence-electron chi connectivity index (χ2n) is 8.54. The number of nitrogens with one attached hydrogen (secondary N) is 1. The summed E-state index contributed by atoms with van der Waals surface area (Å²) in [5.41, 5.74) is 5.26. The van der Waals surface area contributed by atoms with Crippen LogP contribution in [0.2, 0.25) is 0 Å². The van der Waals surface area contributed by atoms with Crippen molar-refractivity contribution in [3.8, 4) is 16.9 Å². The fourth-order valence-corrected chi connectivity index (χ4v) is 4.89. The van der Waals surface area contributed by atoms with Crippen LogP contribution in [-0.4, -0.2) is 36.9 Å². The molecule has 0 saturated heterocycles. The first-order valence-electron chi connectivity index (χ1n) is 11.5. The molecule has 6 heteroatoms. The molecule has 2 N–H and O–H groups in total. The number of carbonyl (C=O) groups is 2. The Balaban J connectivity index is 1.31. The summed E-state index contributed by atoms with van der Waals surface area (Å²) < 4.78 is 11.0. The van der Waals surface area contributed by atoms with E-state index in [1.54, 1.807) is 7.11 Å². The number of ether oxygens (including phenoxy) is 2.